The number of halogens is 1. The highest BCUT2D eigenvalue weighted by atomic mass is 19.1. The zero-order chi connectivity index (χ0) is 30.2. The molecule has 42 heavy (non-hydrogen) atoms. The SMILES string of the molecule is CC(C)n1c(CC[C@@H](O)C[C@@H](O)CC(=O)O)c(-c2ccc(F)cc2)c(-c2ccccc2)c1CNC(=O)c1ccccc1. The smallest absolute Gasteiger partial charge is 0.305 e. The first-order valence-corrected chi connectivity index (χ1v) is 14.1. The summed E-state index contributed by atoms with van der Waals surface area (Å²) in [5.41, 5.74) is 5.81. The number of carboxylic acid groups (broad SMARTS) is 1. The van der Waals surface area contributed by atoms with Crippen LogP contribution in [0.15, 0.2) is 84.9 Å². The van der Waals surface area contributed by atoms with E-state index in [4.69, 9.17) is 5.11 Å². The van der Waals surface area contributed by atoms with Crippen LogP contribution in [-0.2, 0) is 17.8 Å². The zero-order valence-electron chi connectivity index (χ0n) is 23.8. The van der Waals surface area contributed by atoms with Crippen LogP contribution in [0.2, 0.25) is 0 Å². The molecule has 4 N–H and O–H groups in total. The van der Waals surface area contributed by atoms with E-state index in [0.29, 0.717) is 12.0 Å². The summed E-state index contributed by atoms with van der Waals surface area (Å²) in [4.78, 5) is 24.1. The van der Waals surface area contributed by atoms with E-state index in [0.717, 1.165) is 33.6 Å². The lowest BCUT2D eigenvalue weighted by Crippen LogP contribution is -2.25. The van der Waals surface area contributed by atoms with Gasteiger partial charge in [0.2, 0.25) is 0 Å². The first-order valence-electron chi connectivity index (χ1n) is 14.1. The fraction of sp³-hybridized carbons (Fsp3) is 0.294. The first kappa shape index (κ1) is 30.7. The zero-order valence-corrected chi connectivity index (χ0v) is 23.8. The fourth-order valence-corrected chi connectivity index (χ4v) is 5.45. The van der Waals surface area contributed by atoms with E-state index in [9.17, 15) is 24.2 Å². The molecule has 220 valence electrons. The molecule has 3 aromatic carbocycles. The largest absolute Gasteiger partial charge is 0.481 e. The van der Waals surface area contributed by atoms with Gasteiger partial charge in [-0.1, -0.05) is 60.7 Å². The summed E-state index contributed by atoms with van der Waals surface area (Å²) in [6.07, 6.45) is -1.92. The molecule has 0 fully saturated rings. The van der Waals surface area contributed by atoms with Crippen molar-refractivity contribution >= 4 is 11.9 Å². The van der Waals surface area contributed by atoms with E-state index in [1.807, 2.05) is 62.4 Å². The van der Waals surface area contributed by atoms with Gasteiger partial charge in [-0.15, -0.1) is 0 Å². The highest BCUT2D eigenvalue weighted by molar-refractivity contribution is 5.94. The number of carbonyl (C=O) groups is 2. The van der Waals surface area contributed by atoms with Crippen molar-refractivity contribution in [2.75, 3.05) is 0 Å². The minimum atomic E-state index is -1.16. The third-order valence-electron chi connectivity index (χ3n) is 7.24. The quantitative estimate of drug-likeness (QED) is 0.157. The van der Waals surface area contributed by atoms with Crippen molar-refractivity contribution in [2.24, 2.45) is 0 Å². The molecule has 8 heteroatoms. The van der Waals surface area contributed by atoms with Crippen LogP contribution in [0.4, 0.5) is 4.39 Å². The number of benzene rings is 3. The molecule has 1 aromatic heterocycles. The van der Waals surface area contributed by atoms with Gasteiger partial charge in [0.05, 0.1) is 25.2 Å². The van der Waals surface area contributed by atoms with Gasteiger partial charge in [0, 0.05) is 34.1 Å². The van der Waals surface area contributed by atoms with Crippen molar-refractivity contribution in [1.29, 1.82) is 0 Å². The maximum absolute atomic E-state index is 14.0. The van der Waals surface area contributed by atoms with Crippen LogP contribution in [0.3, 0.4) is 0 Å². The van der Waals surface area contributed by atoms with Crippen molar-refractivity contribution < 1.29 is 29.3 Å². The number of hydrogen-bond acceptors (Lipinski definition) is 4. The Bertz CT molecular complexity index is 1480. The number of nitrogens with one attached hydrogen (secondary N) is 1. The summed E-state index contributed by atoms with van der Waals surface area (Å²) in [7, 11) is 0. The molecule has 1 amide bonds. The molecule has 7 nitrogen and oxygen atoms in total. The molecule has 2 atom stereocenters. The third kappa shape index (κ3) is 7.51. The summed E-state index contributed by atoms with van der Waals surface area (Å²) in [6.45, 7) is 4.31. The van der Waals surface area contributed by atoms with Crippen LogP contribution in [-0.4, -0.2) is 44.0 Å². The van der Waals surface area contributed by atoms with Gasteiger partial charge in [-0.05, 0) is 68.5 Å². The van der Waals surface area contributed by atoms with E-state index >= 15 is 0 Å². The normalized spacial score (nSPS) is 12.7. The van der Waals surface area contributed by atoms with E-state index < -0.39 is 24.6 Å². The maximum atomic E-state index is 14.0. The molecule has 4 aromatic rings. The van der Waals surface area contributed by atoms with Gasteiger partial charge >= 0.3 is 5.97 Å². The molecule has 0 spiro atoms. The lowest BCUT2D eigenvalue weighted by molar-refractivity contribution is -0.139. The van der Waals surface area contributed by atoms with Gasteiger partial charge in [0.15, 0.2) is 0 Å². The topological polar surface area (TPSA) is 112 Å². The Hall–Kier alpha value is -4.27. The van der Waals surface area contributed by atoms with Gasteiger partial charge in [-0.25, -0.2) is 4.39 Å². The number of carboxylic acids is 1. The number of aliphatic hydroxyl groups is 2. The molecule has 0 saturated heterocycles. The lowest BCUT2D eigenvalue weighted by Gasteiger charge is -2.20. The molecule has 0 aliphatic carbocycles. The number of nitrogens with zero attached hydrogens (tertiary/aromatic N) is 1. The van der Waals surface area contributed by atoms with Crippen LogP contribution < -0.4 is 5.32 Å². The maximum Gasteiger partial charge on any atom is 0.305 e. The summed E-state index contributed by atoms with van der Waals surface area (Å²) in [5.74, 6) is -1.70. The molecule has 0 radical (unpaired) electrons. The minimum Gasteiger partial charge on any atom is -0.481 e. The van der Waals surface area contributed by atoms with Gasteiger partial charge in [0.1, 0.15) is 5.82 Å². The van der Waals surface area contributed by atoms with E-state index in [1.54, 1.807) is 24.3 Å². The predicted octanol–water partition coefficient (Wildman–Crippen LogP) is 5.99. The molecule has 1 heterocycles. The average molecular weight is 573 g/mol. The van der Waals surface area contributed by atoms with Gasteiger partial charge in [0.25, 0.3) is 5.91 Å². The second kappa shape index (κ2) is 14.1. The Labute approximate surface area is 245 Å². The van der Waals surface area contributed by atoms with Crippen molar-refractivity contribution in [3.63, 3.8) is 0 Å². The molecule has 0 aliphatic heterocycles. The Kier molecular flexibility index (Phi) is 10.3. The number of aromatic nitrogens is 1. The van der Waals surface area contributed by atoms with Gasteiger partial charge < -0.3 is 25.2 Å². The Balaban J connectivity index is 1.83. The van der Waals surface area contributed by atoms with Crippen molar-refractivity contribution in [3.05, 3.63) is 108 Å². The van der Waals surface area contributed by atoms with Crippen molar-refractivity contribution in [1.82, 2.24) is 9.88 Å². The molecular weight excluding hydrogens is 535 g/mol. The third-order valence-corrected chi connectivity index (χ3v) is 7.24. The van der Waals surface area contributed by atoms with Crippen LogP contribution in [0.25, 0.3) is 22.3 Å². The van der Waals surface area contributed by atoms with E-state index in [-0.39, 0.29) is 37.2 Å². The standard InChI is InChI=1S/C34H37FN2O5/c1-22(2)37-29(18-17-27(38)19-28(39)20-31(40)41)32(24-13-15-26(35)16-14-24)33(23-9-5-3-6-10-23)30(37)21-36-34(42)25-11-7-4-8-12-25/h3-16,22,27-28,38-39H,17-21H2,1-2H3,(H,36,42)(H,40,41)/t27-,28-/m1/s1. The summed E-state index contributed by atoms with van der Waals surface area (Å²) >= 11 is 0. The molecule has 0 aliphatic rings. The fourth-order valence-electron chi connectivity index (χ4n) is 5.45. The lowest BCUT2D eigenvalue weighted by atomic mass is 9.93. The van der Waals surface area contributed by atoms with Gasteiger partial charge in [-0.3, -0.25) is 9.59 Å². The minimum absolute atomic E-state index is 0.0324. The molecular formula is C34H37FN2O5. The number of hydrogen-bond donors (Lipinski definition) is 4. The Morgan fingerprint density at radius 3 is 1.98 bits per heavy atom. The summed E-state index contributed by atoms with van der Waals surface area (Å²) in [6, 6.07) is 25.0. The average Bonchev–Trinajstić information content (AvgIpc) is 3.30. The summed E-state index contributed by atoms with van der Waals surface area (Å²) < 4.78 is 16.2. The molecule has 4 rings (SSSR count). The Morgan fingerprint density at radius 1 is 0.810 bits per heavy atom. The second-order valence-electron chi connectivity index (χ2n) is 10.7. The summed E-state index contributed by atoms with van der Waals surface area (Å²) in [5, 5.41) is 32.9. The highest BCUT2D eigenvalue weighted by Gasteiger charge is 2.27. The van der Waals surface area contributed by atoms with E-state index in [1.165, 1.54) is 12.1 Å². The molecule has 0 bridgehead atoms. The van der Waals surface area contributed by atoms with Gasteiger partial charge in [-0.2, -0.15) is 0 Å². The number of aliphatic hydroxyl groups excluding tert-OH is 2. The van der Waals surface area contributed by atoms with Crippen LogP contribution in [0.1, 0.15) is 60.9 Å². The number of carbonyl (C=O) groups excluding carboxylic acids is 1. The second-order valence-corrected chi connectivity index (χ2v) is 10.7. The number of rotatable bonds is 13. The van der Waals surface area contributed by atoms with Crippen molar-refractivity contribution in [2.45, 2.75) is 64.3 Å². The van der Waals surface area contributed by atoms with Crippen LogP contribution >= 0.6 is 0 Å². The highest BCUT2D eigenvalue weighted by Crippen LogP contribution is 2.42. The molecule has 0 unspecified atom stereocenters. The number of amides is 1. The monoisotopic (exact) mass is 572 g/mol. The van der Waals surface area contributed by atoms with Crippen molar-refractivity contribution in [3.8, 4) is 22.3 Å². The number of aliphatic carboxylic acids is 1. The van der Waals surface area contributed by atoms with E-state index in [2.05, 4.69) is 9.88 Å². The van der Waals surface area contributed by atoms with Crippen LogP contribution in [0.5, 0.6) is 0 Å². The predicted molar refractivity (Wildman–Crippen MR) is 160 cm³/mol. The van der Waals surface area contributed by atoms with Crippen LogP contribution in [0, 0.1) is 5.82 Å². The first-order chi connectivity index (χ1) is 20.2. The Morgan fingerprint density at radius 2 is 1.38 bits per heavy atom. The molecule has 0 saturated carbocycles.